The fourth-order valence-electron chi connectivity index (χ4n) is 2.53. The lowest BCUT2D eigenvalue weighted by molar-refractivity contribution is -0.384. The van der Waals surface area contributed by atoms with Gasteiger partial charge in [0.2, 0.25) is 11.8 Å². The molecule has 26 heavy (non-hydrogen) atoms. The number of methoxy groups -OCH3 is 1. The number of morpholine rings is 1. The Kier molecular flexibility index (Phi) is 6.87. The van der Waals surface area contributed by atoms with Crippen LogP contribution in [0.15, 0.2) is 18.2 Å². The lowest BCUT2D eigenvalue weighted by Crippen LogP contribution is -2.46. The second kappa shape index (κ2) is 9.11. The van der Waals surface area contributed by atoms with E-state index in [0.717, 1.165) is 0 Å². The van der Waals surface area contributed by atoms with Gasteiger partial charge < -0.3 is 19.7 Å². The van der Waals surface area contributed by atoms with E-state index in [9.17, 15) is 19.7 Å². The highest BCUT2D eigenvalue weighted by molar-refractivity contribution is 5.94. The number of non-ortho nitro benzene ring substituents is 1. The summed E-state index contributed by atoms with van der Waals surface area (Å²) in [5, 5.41) is 13.4. The number of likely N-dealkylation sites (N-methyl/N-ethyl adjacent to an activating group) is 1. The average Bonchev–Trinajstić information content (AvgIpc) is 2.62. The summed E-state index contributed by atoms with van der Waals surface area (Å²) in [4.78, 5) is 37.9. The molecule has 0 aromatic heterocycles. The zero-order chi connectivity index (χ0) is 19.1. The number of nitrogens with one attached hydrogen (secondary N) is 1. The number of ether oxygens (including phenoxy) is 2. The maximum atomic E-state index is 12.2. The van der Waals surface area contributed by atoms with Crippen molar-refractivity contribution in [1.82, 2.24) is 9.80 Å². The molecule has 0 atom stereocenters. The summed E-state index contributed by atoms with van der Waals surface area (Å²) in [6.07, 6.45) is 0. The Hall–Kier alpha value is -2.72. The fourth-order valence-corrected chi connectivity index (χ4v) is 2.53. The summed E-state index contributed by atoms with van der Waals surface area (Å²) >= 11 is 0. The van der Waals surface area contributed by atoms with Crippen LogP contribution >= 0.6 is 0 Å². The van der Waals surface area contributed by atoms with E-state index < -0.39 is 4.92 Å². The third-order valence-electron chi connectivity index (χ3n) is 3.85. The Morgan fingerprint density at radius 3 is 2.65 bits per heavy atom. The molecule has 1 fully saturated rings. The standard InChI is InChI=1S/C16H22N4O6/c1-18(11-16(22)19-5-7-26-8-6-19)10-15(21)17-13-4-3-12(20(23)24)9-14(13)25-2/h3-4,9H,5-8,10-11H2,1-2H3,(H,17,21). The van der Waals surface area contributed by atoms with Crippen molar-refractivity contribution in [3.05, 3.63) is 28.3 Å². The molecule has 1 heterocycles. The van der Waals surface area contributed by atoms with Crippen molar-refractivity contribution in [3.8, 4) is 5.75 Å². The Labute approximate surface area is 150 Å². The molecule has 2 amide bonds. The molecule has 10 heteroatoms. The largest absolute Gasteiger partial charge is 0.494 e. The van der Waals surface area contributed by atoms with Gasteiger partial charge >= 0.3 is 0 Å². The normalized spacial score (nSPS) is 14.2. The van der Waals surface area contributed by atoms with Crippen LogP contribution in [-0.2, 0) is 14.3 Å². The minimum absolute atomic E-state index is 0.00375. The van der Waals surface area contributed by atoms with Crippen molar-refractivity contribution >= 4 is 23.2 Å². The molecule has 0 bridgehead atoms. The summed E-state index contributed by atoms with van der Waals surface area (Å²) in [5.74, 6) is -0.217. The van der Waals surface area contributed by atoms with E-state index in [1.165, 1.54) is 25.3 Å². The summed E-state index contributed by atoms with van der Waals surface area (Å²) in [6, 6.07) is 3.93. The van der Waals surface area contributed by atoms with Crippen molar-refractivity contribution in [1.29, 1.82) is 0 Å². The van der Waals surface area contributed by atoms with Crippen LogP contribution in [0.25, 0.3) is 0 Å². The third-order valence-corrected chi connectivity index (χ3v) is 3.85. The van der Waals surface area contributed by atoms with Crippen LogP contribution in [0.1, 0.15) is 0 Å². The quantitative estimate of drug-likeness (QED) is 0.546. The van der Waals surface area contributed by atoms with Gasteiger partial charge in [-0.2, -0.15) is 0 Å². The first-order valence-electron chi connectivity index (χ1n) is 8.07. The molecule has 1 aromatic rings. The van der Waals surface area contributed by atoms with E-state index in [-0.39, 0.29) is 36.3 Å². The molecule has 1 aliphatic rings. The number of nitrogens with zero attached hydrogens (tertiary/aromatic N) is 3. The zero-order valence-corrected chi connectivity index (χ0v) is 14.8. The molecule has 0 saturated carbocycles. The second-order valence-corrected chi connectivity index (χ2v) is 5.86. The van der Waals surface area contributed by atoms with Gasteiger partial charge in [0.25, 0.3) is 5.69 Å². The lowest BCUT2D eigenvalue weighted by Gasteiger charge is -2.28. The zero-order valence-electron chi connectivity index (χ0n) is 14.8. The number of hydrogen-bond donors (Lipinski definition) is 1. The molecular formula is C16H22N4O6. The van der Waals surface area contributed by atoms with Gasteiger partial charge in [-0.15, -0.1) is 0 Å². The van der Waals surface area contributed by atoms with E-state index >= 15 is 0 Å². The molecule has 1 saturated heterocycles. The molecule has 0 radical (unpaired) electrons. The topological polar surface area (TPSA) is 114 Å². The molecule has 142 valence electrons. The Morgan fingerprint density at radius 2 is 2.04 bits per heavy atom. The average molecular weight is 366 g/mol. The van der Waals surface area contributed by atoms with Crippen LogP contribution in [0.3, 0.4) is 0 Å². The molecule has 0 aliphatic carbocycles. The van der Waals surface area contributed by atoms with Gasteiger partial charge in [-0.3, -0.25) is 24.6 Å². The maximum absolute atomic E-state index is 12.2. The molecule has 1 aromatic carbocycles. The number of amides is 2. The fraction of sp³-hybridized carbons (Fsp3) is 0.500. The Bertz CT molecular complexity index is 675. The Balaban J connectivity index is 1.89. The second-order valence-electron chi connectivity index (χ2n) is 5.86. The van der Waals surface area contributed by atoms with Crippen molar-refractivity contribution < 1.29 is 24.0 Å². The molecular weight excluding hydrogens is 344 g/mol. The van der Waals surface area contributed by atoms with Crippen molar-refractivity contribution in [2.45, 2.75) is 0 Å². The lowest BCUT2D eigenvalue weighted by atomic mass is 10.2. The molecule has 0 unspecified atom stereocenters. The van der Waals surface area contributed by atoms with Crippen LogP contribution in [0.5, 0.6) is 5.75 Å². The SMILES string of the molecule is COc1cc([N+](=O)[O-])ccc1NC(=O)CN(C)CC(=O)N1CCOCC1. The smallest absolute Gasteiger partial charge is 0.273 e. The van der Waals surface area contributed by atoms with E-state index in [2.05, 4.69) is 5.32 Å². The van der Waals surface area contributed by atoms with E-state index in [1.807, 2.05) is 0 Å². The van der Waals surface area contributed by atoms with Gasteiger partial charge in [0, 0.05) is 19.2 Å². The van der Waals surface area contributed by atoms with E-state index in [4.69, 9.17) is 9.47 Å². The summed E-state index contributed by atoms with van der Waals surface area (Å²) < 4.78 is 10.3. The van der Waals surface area contributed by atoms with Gasteiger partial charge in [0.15, 0.2) is 0 Å². The number of carbonyl (C=O) groups is 2. The number of carbonyl (C=O) groups excluding carboxylic acids is 2. The van der Waals surface area contributed by atoms with Crippen LogP contribution in [0.2, 0.25) is 0 Å². The molecule has 1 aliphatic heterocycles. The predicted molar refractivity (Wildman–Crippen MR) is 93.2 cm³/mol. The van der Waals surface area contributed by atoms with E-state index in [0.29, 0.717) is 32.0 Å². The van der Waals surface area contributed by atoms with E-state index in [1.54, 1.807) is 16.8 Å². The number of nitro groups is 1. The van der Waals surface area contributed by atoms with Gasteiger partial charge in [-0.05, 0) is 13.1 Å². The number of nitro benzene ring substituents is 1. The highest BCUT2D eigenvalue weighted by atomic mass is 16.6. The highest BCUT2D eigenvalue weighted by Crippen LogP contribution is 2.28. The van der Waals surface area contributed by atoms with Gasteiger partial charge in [0.1, 0.15) is 5.75 Å². The van der Waals surface area contributed by atoms with Crippen molar-refractivity contribution in [2.75, 3.05) is 58.9 Å². The van der Waals surface area contributed by atoms with Crippen molar-refractivity contribution in [3.63, 3.8) is 0 Å². The minimum atomic E-state index is -0.543. The summed E-state index contributed by atoms with van der Waals surface area (Å²) in [7, 11) is 3.03. The molecule has 10 nitrogen and oxygen atoms in total. The van der Waals surface area contributed by atoms with Crippen molar-refractivity contribution in [2.24, 2.45) is 0 Å². The van der Waals surface area contributed by atoms with Gasteiger partial charge in [0.05, 0.1) is 50.1 Å². The minimum Gasteiger partial charge on any atom is -0.494 e. The predicted octanol–water partition coefficient (Wildman–Crippen LogP) is 0.333. The monoisotopic (exact) mass is 366 g/mol. The van der Waals surface area contributed by atoms with Gasteiger partial charge in [-0.1, -0.05) is 0 Å². The first-order valence-corrected chi connectivity index (χ1v) is 8.07. The summed E-state index contributed by atoms with van der Waals surface area (Å²) in [5.41, 5.74) is 0.198. The molecule has 2 rings (SSSR count). The van der Waals surface area contributed by atoms with Crippen LogP contribution in [-0.4, -0.2) is 80.1 Å². The third kappa shape index (κ3) is 5.39. The molecule has 0 spiro atoms. The summed E-state index contributed by atoms with van der Waals surface area (Å²) in [6.45, 7) is 2.27. The first-order chi connectivity index (χ1) is 12.4. The number of hydrogen-bond acceptors (Lipinski definition) is 7. The number of benzene rings is 1. The number of rotatable bonds is 7. The maximum Gasteiger partial charge on any atom is 0.273 e. The Morgan fingerprint density at radius 1 is 1.35 bits per heavy atom. The van der Waals surface area contributed by atoms with Crippen LogP contribution in [0.4, 0.5) is 11.4 Å². The highest BCUT2D eigenvalue weighted by Gasteiger charge is 2.20. The van der Waals surface area contributed by atoms with Crippen LogP contribution in [0, 0.1) is 10.1 Å². The number of anilines is 1. The van der Waals surface area contributed by atoms with Crippen LogP contribution < -0.4 is 10.1 Å². The first kappa shape index (κ1) is 19.6. The van der Waals surface area contributed by atoms with Gasteiger partial charge in [-0.25, -0.2) is 0 Å². The molecule has 1 N–H and O–H groups in total.